The minimum Gasteiger partial charge on any atom is -0.372 e. The quantitative estimate of drug-likeness (QED) is 0.643. The van der Waals surface area contributed by atoms with Gasteiger partial charge in [-0.25, -0.2) is 0 Å². The zero-order valence-corrected chi connectivity index (χ0v) is 8.16. The molecule has 0 aliphatic carbocycles. The molecule has 0 bridgehead atoms. The molecule has 0 saturated carbocycles. The van der Waals surface area contributed by atoms with Gasteiger partial charge in [0.2, 0.25) is 0 Å². The topological polar surface area (TPSA) is 12.5 Å². The van der Waals surface area contributed by atoms with Crippen molar-refractivity contribution in [1.29, 1.82) is 0 Å². The second-order valence-electron chi connectivity index (χ2n) is 3.82. The van der Waals surface area contributed by atoms with Crippen molar-refractivity contribution in [3.8, 4) is 0 Å². The molecule has 69 valence electrons. The number of hydrogen-bond donors (Lipinski definition) is 0. The van der Waals surface area contributed by atoms with E-state index < -0.39 is 0 Å². The van der Waals surface area contributed by atoms with E-state index in [1.54, 1.807) is 0 Å². The fourth-order valence-electron chi connectivity index (χ4n) is 1.54. The Balaban J connectivity index is 2.20. The Morgan fingerprint density at radius 2 is 2.08 bits per heavy atom. The van der Waals surface area contributed by atoms with Crippen molar-refractivity contribution in [1.82, 2.24) is 0 Å². The lowest BCUT2D eigenvalue weighted by Gasteiger charge is -2.10. The summed E-state index contributed by atoms with van der Waals surface area (Å²) in [5, 5.41) is 0. The van der Waals surface area contributed by atoms with E-state index in [1.165, 1.54) is 11.1 Å². The van der Waals surface area contributed by atoms with Gasteiger partial charge in [-0.3, -0.25) is 0 Å². The Kier molecular flexibility index (Phi) is 2.36. The zero-order chi connectivity index (χ0) is 9.26. The van der Waals surface area contributed by atoms with Crippen LogP contribution in [0.2, 0.25) is 0 Å². The van der Waals surface area contributed by atoms with Crippen LogP contribution in [0.4, 0.5) is 0 Å². The second-order valence-corrected chi connectivity index (χ2v) is 3.82. The van der Waals surface area contributed by atoms with Crippen molar-refractivity contribution < 1.29 is 4.74 Å². The maximum absolute atomic E-state index is 5.19. The monoisotopic (exact) mass is 175 g/mol. The first kappa shape index (κ1) is 8.76. The largest absolute Gasteiger partial charge is 0.372 e. The molecule has 13 heavy (non-hydrogen) atoms. The van der Waals surface area contributed by atoms with Crippen LogP contribution in [-0.4, -0.2) is 12.7 Å². The van der Waals surface area contributed by atoms with Gasteiger partial charge in [-0.1, -0.05) is 38.1 Å². The summed E-state index contributed by atoms with van der Waals surface area (Å²) in [6.07, 6.45) is 2.59. The van der Waals surface area contributed by atoms with Crippen LogP contribution in [0.15, 0.2) is 24.3 Å². The van der Waals surface area contributed by atoms with Gasteiger partial charge in [-0.2, -0.15) is 0 Å². The zero-order valence-electron chi connectivity index (χ0n) is 8.16. The molecule has 2 rings (SSSR count). The fourth-order valence-corrected chi connectivity index (χ4v) is 1.54. The van der Waals surface area contributed by atoms with Crippen molar-refractivity contribution in [2.45, 2.75) is 25.9 Å². The summed E-state index contributed by atoms with van der Waals surface area (Å²) >= 11 is 0. The van der Waals surface area contributed by atoms with Crippen molar-refractivity contribution in [2.24, 2.45) is 0 Å². The van der Waals surface area contributed by atoms with Crippen molar-refractivity contribution in [2.75, 3.05) is 6.61 Å². The van der Waals surface area contributed by atoms with Crippen LogP contribution in [-0.2, 0) is 4.74 Å². The van der Waals surface area contributed by atoms with Gasteiger partial charge < -0.3 is 4.74 Å². The Labute approximate surface area is 79.7 Å². The van der Waals surface area contributed by atoms with Gasteiger partial charge >= 0.3 is 0 Å². The van der Waals surface area contributed by atoms with Gasteiger partial charge in [0.1, 0.15) is 0 Å². The molecule has 1 aromatic rings. The molecule has 1 unspecified atom stereocenters. The van der Waals surface area contributed by atoms with Crippen molar-refractivity contribution in [3.63, 3.8) is 0 Å². The molecule has 1 heterocycles. The highest BCUT2D eigenvalue weighted by atomic mass is 16.6. The van der Waals surface area contributed by atoms with Gasteiger partial charge in [0.25, 0.3) is 0 Å². The van der Waals surface area contributed by atoms with E-state index in [9.17, 15) is 0 Å². The van der Waals surface area contributed by atoms with E-state index in [-0.39, 0.29) is 0 Å². The van der Waals surface area contributed by atoms with Gasteiger partial charge in [-0.15, -0.1) is 0 Å². The molecule has 0 aromatic heterocycles. The molecule has 1 atom stereocenters. The third-order valence-corrected chi connectivity index (χ3v) is 2.34. The Morgan fingerprint density at radius 3 is 2.69 bits per heavy atom. The van der Waals surface area contributed by atoms with Crippen LogP contribution in [0.3, 0.4) is 0 Å². The van der Waals surface area contributed by atoms with Gasteiger partial charge in [0, 0.05) is 6.42 Å². The Morgan fingerprint density at radius 1 is 1.38 bits per heavy atom. The lowest BCUT2D eigenvalue weighted by Crippen LogP contribution is -1.97. The normalized spacial score (nSPS) is 20.7. The highest BCUT2D eigenvalue weighted by molar-refractivity contribution is 5.36. The number of benzene rings is 1. The third-order valence-electron chi connectivity index (χ3n) is 2.34. The number of rotatable bonds is 3. The van der Waals surface area contributed by atoms with E-state index in [4.69, 9.17) is 4.74 Å². The first-order chi connectivity index (χ1) is 6.27. The first-order valence-electron chi connectivity index (χ1n) is 4.83. The molecule has 1 heteroatoms. The summed E-state index contributed by atoms with van der Waals surface area (Å²) in [6, 6.07) is 8.54. The number of epoxide rings is 1. The lowest BCUT2D eigenvalue weighted by molar-refractivity contribution is 0.432. The molecule has 0 spiro atoms. The van der Waals surface area contributed by atoms with E-state index in [0.29, 0.717) is 12.0 Å². The standard InChI is InChI=1S/C12H15O/c1-9(2)12-6-4-3-5-10(12)7-11-8-13-11/h3-7,9,11H,8H2,1-2H3. The van der Waals surface area contributed by atoms with Crippen LogP contribution in [0.25, 0.3) is 0 Å². The SMILES string of the molecule is CC(C)c1ccccc1[CH]C1CO1. The van der Waals surface area contributed by atoms with E-state index in [0.717, 1.165) is 6.61 Å². The second kappa shape index (κ2) is 3.51. The summed E-state index contributed by atoms with van der Waals surface area (Å²) in [4.78, 5) is 0. The molecule has 1 fully saturated rings. The summed E-state index contributed by atoms with van der Waals surface area (Å²) in [6.45, 7) is 5.34. The molecular formula is C12H15O. The minimum atomic E-state index is 0.375. The highest BCUT2D eigenvalue weighted by Crippen LogP contribution is 2.25. The third kappa shape index (κ3) is 2.10. The van der Waals surface area contributed by atoms with Crippen molar-refractivity contribution >= 4 is 0 Å². The highest BCUT2D eigenvalue weighted by Gasteiger charge is 2.24. The maximum Gasteiger partial charge on any atom is 0.0885 e. The fraction of sp³-hybridized carbons (Fsp3) is 0.417. The molecule has 1 nitrogen and oxygen atoms in total. The smallest absolute Gasteiger partial charge is 0.0885 e. The predicted molar refractivity (Wildman–Crippen MR) is 53.7 cm³/mol. The van der Waals surface area contributed by atoms with Crippen LogP contribution in [0.5, 0.6) is 0 Å². The van der Waals surface area contributed by atoms with Crippen LogP contribution in [0, 0.1) is 6.42 Å². The molecule has 1 aliphatic rings. The molecule has 1 aliphatic heterocycles. The van der Waals surface area contributed by atoms with Crippen LogP contribution in [0.1, 0.15) is 30.9 Å². The summed E-state index contributed by atoms with van der Waals surface area (Å²) in [5.74, 6) is 0.589. The van der Waals surface area contributed by atoms with Crippen LogP contribution >= 0.6 is 0 Å². The molecule has 0 amide bonds. The lowest BCUT2D eigenvalue weighted by atomic mass is 9.95. The summed E-state index contributed by atoms with van der Waals surface area (Å²) in [7, 11) is 0. The molecule has 1 radical (unpaired) electrons. The first-order valence-corrected chi connectivity index (χ1v) is 4.83. The van der Waals surface area contributed by atoms with Crippen LogP contribution < -0.4 is 0 Å². The Hall–Kier alpha value is -0.820. The summed E-state index contributed by atoms with van der Waals surface area (Å²) < 4.78 is 5.19. The molecule has 1 aromatic carbocycles. The average molecular weight is 175 g/mol. The summed E-state index contributed by atoms with van der Waals surface area (Å²) in [5.41, 5.74) is 2.75. The van der Waals surface area contributed by atoms with E-state index in [2.05, 4.69) is 44.5 Å². The average Bonchev–Trinajstić information content (AvgIpc) is 2.89. The number of hydrogen-bond acceptors (Lipinski definition) is 1. The molecular weight excluding hydrogens is 160 g/mol. The van der Waals surface area contributed by atoms with E-state index >= 15 is 0 Å². The minimum absolute atomic E-state index is 0.375. The van der Waals surface area contributed by atoms with Gasteiger partial charge in [-0.05, 0) is 17.0 Å². The number of ether oxygens (including phenoxy) is 1. The predicted octanol–water partition coefficient (Wildman–Crippen LogP) is 2.76. The maximum atomic E-state index is 5.19. The Bertz CT molecular complexity index is 287. The van der Waals surface area contributed by atoms with Crippen molar-refractivity contribution in [3.05, 3.63) is 41.8 Å². The van der Waals surface area contributed by atoms with Gasteiger partial charge in [0.05, 0.1) is 12.7 Å². The van der Waals surface area contributed by atoms with E-state index in [1.807, 2.05) is 0 Å². The molecule has 1 saturated heterocycles. The molecule has 0 N–H and O–H groups in total. The van der Waals surface area contributed by atoms with Gasteiger partial charge in [0.15, 0.2) is 0 Å².